The van der Waals surface area contributed by atoms with Crippen molar-refractivity contribution in [2.24, 2.45) is 0 Å². The van der Waals surface area contributed by atoms with Gasteiger partial charge in [0.1, 0.15) is 0 Å². The summed E-state index contributed by atoms with van der Waals surface area (Å²) in [6.07, 6.45) is 44.4. The highest BCUT2D eigenvalue weighted by molar-refractivity contribution is 7.54. The van der Waals surface area contributed by atoms with Crippen LogP contribution in [0.2, 0.25) is 0 Å². The Balaban J connectivity index is 2.96. The van der Waals surface area contributed by atoms with E-state index in [1.165, 1.54) is 153 Å². The van der Waals surface area contributed by atoms with E-state index < -0.39 is 25.3 Å². The van der Waals surface area contributed by atoms with Crippen LogP contribution in [-0.4, -0.2) is 68.0 Å². The van der Waals surface area contributed by atoms with Crippen LogP contribution >= 0.6 is 7.60 Å². The Kier molecular flexibility index (Phi) is 34.7. The molecule has 1 rings (SSSR count). The van der Waals surface area contributed by atoms with Crippen LogP contribution in [0, 0.1) is 0 Å². The topological polar surface area (TPSA) is 94.6 Å². The zero-order chi connectivity index (χ0) is 43.2. The van der Waals surface area contributed by atoms with E-state index >= 15 is 4.57 Å². The average Bonchev–Trinajstić information content (AvgIpc) is 3.22. The first-order chi connectivity index (χ1) is 28.7. The summed E-state index contributed by atoms with van der Waals surface area (Å²) in [5.74, 6) is -1.95. The van der Waals surface area contributed by atoms with Gasteiger partial charge in [-0.25, -0.2) is 9.59 Å². The molecular formula is C49H89N2O7P. The smallest absolute Gasteiger partial charge is 0.357 e. The predicted molar refractivity (Wildman–Crippen MR) is 247 cm³/mol. The summed E-state index contributed by atoms with van der Waals surface area (Å²) in [6, 6.07) is 0. The SMILES string of the molecule is CCCCCCCCCCCCCCCCOP(=O)(OCCCCCCCCCCCCCCCC)C1C(/C=C/C(=O)OCC)=C(N(C)C)C=CN1/C=C/C(=O)OCC. The van der Waals surface area contributed by atoms with Crippen LogP contribution in [0.5, 0.6) is 0 Å². The van der Waals surface area contributed by atoms with Gasteiger partial charge < -0.3 is 28.3 Å². The number of nitrogens with zero attached hydrogens (tertiary/aromatic N) is 2. The lowest BCUT2D eigenvalue weighted by atomic mass is 10.0. The molecule has 0 saturated carbocycles. The van der Waals surface area contributed by atoms with Crippen LogP contribution in [-0.2, 0) is 32.7 Å². The van der Waals surface area contributed by atoms with E-state index in [1.807, 2.05) is 25.1 Å². The molecule has 0 aromatic heterocycles. The summed E-state index contributed by atoms with van der Waals surface area (Å²) in [5.41, 5.74) is 1.32. The zero-order valence-electron chi connectivity index (χ0n) is 38.9. The Labute approximate surface area is 362 Å². The third-order valence-corrected chi connectivity index (χ3v) is 13.2. The van der Waals surface area contributed by atoms with Gasteiger partial charge in [-0.15, -0.1) is 0 Å². The Morgan fingerprint density at radius 2 is 0.932 bits per heavy atom. The summed E-state index contributed by atoms with van der Waals surface area (Å²) in [6.45, 7) is 9.10. The molecular weight excluding hydrogens is 760 g/mol. The van der Waals surface area contributed by atoms with Gasteiger partial charge in [0.25, 0.3) is 0 Å². The molecule has 1 aliphatic rings. The summed E-state index contributed by atoms with van der Waals surface area (Å²) in [5, 5.41) is 0. The number of allylic oxidation sites excluding steroid dienone is 1. The average molecular weight is 849 g/mol. The van der Waals surface area contributed by atoms with Gasteiger partial charge in [-0.1, -0.05) is 181 Å². The van der Waals surface area contributed by atoms with Crippen LogP contribution < -0.4 is 0 Å². The quantitative estimate of drug-likeness (QED) is 0.0258. The highest BCUT2D eigenvalue weighted by Crippen LogP contribution is 2.59. The number of likely N-dealkylation sites (N-methyl/N-ethyl adjacent to an activating group) is 1. The van der Waals surface area contributed by atoms with Gasteiger partial charge in [0, 0.05) is 49.9 Å². The molecule has 0 amide bonds. The van der Waals surface area contributed by atoms with Crippen molar-refractivity contribution in [1.82, 2.24) is 9.80 Å². The fourth-order valence-electron chi connectivity index (χ4n) is 7.51. The van der Waals surface area contributed by atoms with E-state index in [2.05, 4.69) is 13.8 Å². The van der Waals surface area contributed by atoms with Crippen molar-refractivity contribution in [2.75, 3.05) is 40.5 Å². The molecule has 1 unspecified atom stereocenters. The summed E-state index contributed by atoms with van der Waals surface area (Å²) >= 11 is 0. The highest BCUT2D eigenvalue weighted by Gasteiger charge is 2.43. The molecule has 1 aliphatic heterocycles. The van der Waals surface area contributed by atoms with E-state index in [1.54, 1.807) is 37.2 Å². The molecule has 342 valence electrons. The summed E-state index contributed by atoms with van der Waals surface area (Å²) < 4.78 is 38.5. The molecule has 0 fully saturated rings. The van der Waals surface area contributed by atoms with Gasteiger partial charge in [0.15, 0.2) is 5.78 Å². The lowest BCUT2D eigenvalue weighted by Gasteiger charge is -2.38. The maximum Gasteiger partial charge on any atom is 0.357 e. The molecule has 0 N–H and O–H groups in total. The van der Waals surface area contributed by atoms with Gasteiger partial charge in [-0.2, -0.15) is 0 Å². The maximum atomic E-state index is 15.3. The highest BCUT2D eigenvalue weighted by atomic mass is 31.2. The second kappa shape index (κ2) is 37.4. The van der Waals surface area contributed by atoms with Crippen LogP contribution in [0.25, 0.3) is 0 Å². The first kappa shape index (κ1) is 54.7. The Morgan fingerprint density at radius 3 is 1.29 bits per heavy atom. The molecule has 9 nitrogen and oxygen atoms in total. The number of unbranched alkanes of at least 4 members (excludes halogenated alkanes) is 26. The summed E-state index contributed by atoms with van der Waals surface area (Å²) in [7, 11) is -0.129. The van der Waals surface area contributed by atoms with Gasteiger partial charge in [0.2, 0.25) is 0 Å². The van der Waals surface area contributed by atoms with Crippen molar-refractivity contribution in [1.29, 1.82) is 0 Å². The second-order valence-electron chi connectivity index (χ2n) is 16.4. The van der Waals surface area contributed by atoms with Crippen LogP contribution in [0.4, 0.5) is 0 Å². The fraction of sp³-hybridized carbons (Fsp3) is 0.796. The lowest BCUT2D eigenvalue weighted by molar-refractivity contribution is -0.138. The predicted octanol–water partition coefficient (Wildman–Crippen LogP) is 14.3. The minimum atomic E-state index is -3.92. The van der Waals surface area contributed by atoms with Crippen molar-refractivity contribution in [3.8, 4) is 0 Å². The van der Waals surface area contributed by atoms with E-state index in [0.29, 0.717) is 5.57 Å². The number of rotatable bonds is 40. The molecule has 1 heterocycles. The van der Waals surface area contributed by atoms with Crippen molar-refractivity contribution in [3.05, 3.63) is 48.0 Å². The van der Waals surface area contributed by atoms with Gasteiger partial charge in [0.05, 0.1) is 26.4 Å². The maximum absolute atomic E-state index is 15.3. The van der Waals surface area contributed by atoms with Crippen LogP contribution in [0.3, 0.4) is 0 Å². The summed E-state index contributed by atoms with van der Waals surface area (Å²) in [4.78, 5) is 28.6. The zero-order valence-corrected chi connectivity index (χ0v) is 39.8. The third kappa shape index (κ3) is 27.3. The normalized spacial score (nSPS) is 14.6. The molecule has 0 spiro atoms. The number of hydrogen-bond donors (Lipinski definition) is 0. The number of carbonyl (C=O) groups excluding carboxylic acids is 2. The molecule has 0 saturated heterocycles. The van der Waals surface area contributed by atoms with Crippen LogP contribution in [0.15, 0.2) is 48.0 Å². The molecule has 0 aliphatic carbocycles. The third-order valence-electron chi connectivity index (χ3n) is 10.9. The Hall–Kier alpha value is -2.35. The number of ether oxygens (including phenoxy) is 2. The van der Waals surface area contributed by atoms with Crippen molar-refractivity contribution >= 4 is 19.5 Å². The first-order valence-corrected chi connectivity index (χ1v) is 25.8. The second-order valence-corrected chi connectivity index (χ2v) is 18.5. The molecule has 0 bridgehead atoms. The van der Waals surface area contributed by atoms with Crippen molar-refractivity contribution in [3.63, 3.8) is 0 Å². The number of hydrogen-bond acceptors (Lipinski definition) is 9. The molecule has 1 atom stereocenters. The largest absolute Gasteiger partial charge is 0.463 e. The standard InChI is InChI=1S/C49H89N2O7P/c1-7-11-13-15-17-19-21-23-25-27-29-31-33-35-43-57-59(54,58-44-36-34-32-30-28-26-24-22-20-18-16-14-12-8-2)49-45(37-38-47(52)55-9-3)46(50(5)6)39-41-51(49)42-40-48(53)56-10-4/h37-42,49H,7-36,43-44H2,1-6H3/b38-37+,42-40+. The molecule has 0 aromatic carbocycles. The monoisotopic (exact) mass is 849 g/mol. The van der Waals surface area contributed by atoms with Crippen LogP contribution in [0.1, 0.15) is 207 Å². The van der Waals surface area contributed by atoms with Crippen molar-refractivity contribution in [2.45, 2.75) is 213 Å². The molecule has 0 radical (unpaired) electrons. The van der Waals surface area contributed by atoms with Crippen molar-refractivity contribution < 1.29 is 32.7 Å². The van der Waals surface area contributed by atoms with Gasteiger partial charge in [-0.3, -0.25) is 4.57 Å². The molecule has 0 aromatic rings. The Morgan fingerprint density at radius 1 is 0.576 bits per heavy atom. The lowest BCUT2D eigenvalue weighted by Crippen LogP contribution is -2.35. The first-order valence-electron chi connectivity index (χ1n) is 24.2. The minimum absolute atomic E-state index is 0.240. The van der Waals surface area contributed by atoms with E-state index in [9.17, 15) is 9.59 Å². The number of esters is 2. The minimum Gasteiger partial charge on any atom is -0.463 e. The van der Waals surface area contributed by atoms with Gasteiger partial charge >= 0.3 is 19.5 Å². The van der Waals surface area contributed by atoms with E-state index in [4.69, 9.17) is 18.5 Å². The van der Waals surface area contributed by atoms with E-state index in [-0.39, 0.29) is 26.4 Å². The molecule has 10 heteroatoms. The fourth-order valence-corrected chi connectivity index (χ4v) is 9.68. The molecule has 59 heavy (non-hydrogen) atoms. The Bertz CT molecular complexity index is 1190. The van der Waals surface area contributed by atoms with Gasteiger partial charge in [-0.05, 0) is 38.8 Å². The number of carbonyl (C=O) groups is 2. The van der Waals surface area contributed by atoms with E-state index in [0.717, 1.165) is 44.2 Å².